The van der Waals surface area contributed by atoms with E-state index in [1.54, 1.807) is 43.1 Å². The number of thioether (sulfide) groups is 1. The van der Waals surface area contributed by atoms with Crippen molar-refractivity contribution < 1.29 is 19.1 Å². The fourth-order valence-electron chi connectivity index (χ4n) is 3.25. The number of fused-ring (bicyclic) bond motifs is 1. The average Bonchev–Trinajstić information content (AvgIpc) is 2.98. The molecule has 3 rings (SSSR count). The Labute approximate surface area is 168 Å². The highest BCUT2D eigenvalue weighted by Gasteiger charge is 2.42. The fourth-order valence-corrected chi connectivity index (χ4v) is 3.71. The highest BCUT2D eigenvalue weighted by atomic mass is 32.2. The van der Waals surface area contributed by atoms with E-state index in [0.29, 0.717) is 29.1 Å². The van der Waals surface area contributed by atoms with Crippen LogP contribution in [0.5, 0.6) is 5.75 Å². The Morgan fingerprint density at radius 1 is 1.07 bits per heavy atom. The molecular formula is C21H22N2O4S. The van der Waals surface area contributed by atoms with Crippen LogP contribution in [0.4, 0.5) is 0 Å². The maximum Gasteiger partial charge on any atom is 0.262 e. The van der Waals surface area contributed by atoms with Crippen LogP contribution >= 0.6 is 11.8 Å². The maximum atomic E-state index is 12.9. The van der Waals surface area contributed by atoms with Crippen LogP contribution in [-0.2, 0) is 11.3 Å². The molecule has 0 saturated heterocycles. The van der Waals surface area contributed by atoms with Gasteiger partial charge >= 0.3 is 0 Å². The normalized spacial score (nSPS) is 14.0. The lowest BCUT2D eigenvalue weighted by atomic mass is 10.1. The third-order valence-electron chi connectivity index (χ3n) is 4.68. The Bertz CT molecular complexity index is 864. The summed E-state index contributed by atoms with van der Waals surface area (Å²) in [6.45, 7) is 0.252. The zero-order valence-corrected chi connectivity index (χ0v) is 16.6. The van der Waals surface area contributed by atoms with Gasteiger partial charge in [-0.2, -0.15) is 11.8 Å². The van der Waals surface area contributed by atoms with Gasteiger partial charge in [0, 0.05) is 12.1 Å². The quantitative estimate of drug-likeness (QED) is 0.692. The number of carbonyl (C=O) groups is 3. The molecular weight excluding hydrogens is 376 g/mol. The van der Waals surface area contributed by atoms with Crippen LogP contribution in [0.2, 0.25) is 0 Å². The molecule has 0 radical (unpaired) electrons. The molecule has 0 fully saturated rings. The fraction of sp³-hybridized carbons (Fsp3) is 0.286. The predicted molar refractivity (Wildman–Crippen MR) is 109 cm³/mol. The molecule has 0 saturated carbocycles. The first-order valence-electron chi connectivity index (χ1n) is 8.94. The van der Waals surface area contributed by atoms with E-state index in [2.05, 4.69) is 5.32 Å². The topological polar surface area (TPSA) is 75.7 Å². The smallest absolute Gasteiger partial charge is 0.262 e. The molecule has 0 spiro atoms. The van der Waals surface area contributed by atoms with Crippen molar-refractivity contribution in [2.24, 2.45) is 0 Å². The average molecular weight is 398 g/mol. The van der Waals surface area contributed by atoms with Crippen molar-refractivity contribution in [3.63, 3.8) is 0 Å². The van der Waals surface area contributed by atoms with Crippen LogP contribution in [-0.4, -0.2) is 47.8 Å². The molecule has 0 aromatic heterocycles. The molecule has 146 valence electrons. The molecule has 1 aliphatic rings. The van der Waals surface area contributed by atoms with E-state index in [4.69, 9.17) is 4.74 Å². The Morgan fingerprint density at radius 2 is 1.68 bits per heavy atom. The summed E-state index contributed by atoms with van der Waals surface area (Å²) in [7, 11) is 1.57. The van der Waals surface area contributed by atoms with Gasteiger partial charge in [-0.05, 0) is 36.6 Å². The third kappa shape index (κ3) is 3.89. The van der Waals surface area contributed by atoms with E-state index in [1.165, 1.54) is 0 Å². The number of nitrogens with zero attached hydrogens (tertiary/aromatic N) is 1. The summed E-state index contributed by atoms with van der Waals surface area (Å²) in [5, 5.41) is 2.85. The lowest BCUT2D eigenvalue weighted by molar-refractivity contribution is -0.125. The number of methoxy groups -OCH3 is 1. The summed E-state index contributed by atoms with van der Waals surface area (Å²) in [6.07, 6.45) is 2.32. The number of rotatable bonds is 8. The van der Waals surface area contributed by atoms with E-state index >= 15 is 0 Å². The van der Waals surface area contributed by atoms with Crippen LogP contribution in [0.3, 0.4) is 0 Å². The number of nitrogens with one attached hydrogen (secondary N) is 1. The molecule has 7 heteroatoms. The first-order chi connectivity index (χ1) is 13.6. The molecule has 3 amide bonds. The highest BCUT2D eigenvalue weighted by molar-refractivity contribution is 7.98. The van der Waals surface area contributed by atoms with Gasteiger partial charge in [-0.25, -0.2) is 0 Å². The van der Waals surface area contributed by atoms with E-state index in [1.807, 2.05) is 30.5 Å². The van der Waals surface area contributed by atoms with Crippen molar-refractivity contribution in [2.45, 2.75) is 19.0 Å². The second-order valence-corrected chi connectivity index (χ2v) is 7.34. The number of amides is 3. The summed E-state index contributed by atoms with van der Waals surface area (Å²) in [5.74, 6) is 0.136. The molecule has 1 heterocycles. The summed E-state index contributed by atoms with van der Waals surface area (Å²) in [4.78, 5) is 39.6. The van der Waals surface area contributed by atoms with Gasteiger partial charge in [-0.1, -0.05) is 30.3 Å². The van der Waals surface area contributed by atoms with Gasteiger partial charge in [0.25, 0.3) is 11.8 Å². The number of hydrogen-bond acceptors (Lipinski definition) is 5. The second kappa shape index (κ2) is 8.93. The van der Waals surface area contributed by atoms with Crippen molar-refractivity contribution >= 4 is 29.5 Å². The lowest BCUT2D eigenvalue weighted by Gasteiger charge is -2.25. The number of benzene rings is 2. The minimum atomic E-state index is -0.852. The van der Waals surface area contributed by atoms with Crippen LogP contribution in [0, 0.1) is 0 Å². The Hall–Kier alpha value is -2.80. The number of hydrogen-bond donors (Lipinski definition) is 1. The predicted octanol–water partition coefficient (Wildman–Crippen LogP) is 2.73. The summed E-state index contributed by atoms with van der Waals surface area (Å²) < 4.78 is 5.31. The summed E-state index contributed by atoms with van der Waals surface area (Å²) in [5.41, 5.74) is 1.52. The minimum Gasteiger partial charge on any atom is -0.496 e. The number of carbonyl (C=O) groups excluding carboxylic acids is 3. The van der Waals surface area contributed by atoms with E-state index < -0.39 is 17.9 Å². The number of imide groups is 1. The third-order valence-corrected chi connectivity index (χ3v) is 5.32. The van der Waals surface area contributed by atoms with Crippen LogP contribution in [0.15, 0.2) is 48.5 Å². The largest absolute Gasteiger partial charge is 0.496 e. The van der Waals surface area contributed by atoms with Crippen LogP contribution < -0.4 is 10.1 Å². The van der Waals surface area contributed by atoms with Crippen molar-refractivity contribution in [1.82, 2.24) is 10.2 Å². The standard InChI is InChI=1S/C21H22N2O4S/c1-27-18-10-6-3-7-14(18)13-22-19(24)17(11-12-28-2)23-20(25)15-8-4-5-9-16(15)21(23)26/h3-10,17H,11-13H2,1-2H3,(H,22,24)/t17-/m0/s1. The Balaban J connectivity index is 1.79. The molecule has 1 N–H and O–H groups in total. The van der Waals surface area contributed by atoms with Crippen molar-refractivity contribution in [2.75, 3.05) is 19.1 Å². The van der Waals surface area contributed by atoms with E-state index in [0.717, 1.165) is 10.5 Å². The van der Waals surface area contributed by atoms with Gasteiger partial charge < -0.3 is 10.1 Å². The maximum absolute atomic E-state index is 12.9. The Morgan fingerprint density at radius 3 is 2.29 bits per heavy atom. The summed E-state index contributed by atoms with van der Waals surface area (Å²) in [6, 6.07) is 13.2. The highest BCUT2D eigenvalue weighted by Crippen LogP contribution is 2.26. The van der Waals surface area contributed by atoms with Gasteiger partial charge in [0.15, 0.2) is 0 Å². The first kappa shape index (κ1) is 19.9. The molecule has 6 nitrogen and oxygen atoms in total. The van der Waals surface area contributed by atoms with Gasteiger partial charge in [0.2, 0.25) is 5.91 Å². The van der Waals surface area contributed by atoms with Crippen molar-refractivity contribution in [3.8, 4) is 5.75 Å². The van der Waals surface area contributed by atoms with Crippen LogP contribution in [0.25, 0.3) is 0 Å². The van der Waals surface area contributed by atoms with Gasteiger partial charge in [-0.15, -0.1) is 0 Å². The molecule has 1 aliphatic heterocycles. The van der Waals surface area contributed by atoms with E-state index in [9.17, 15) is 14.4 Å². The molecule has 0 bridgehead atoms. The van der Waals surface area contributed by atoms with Crippen molar-refractivity contribution in [3.05, 3.63) is 65.2 Å². The molecule has 0 unspecified atom stereocenters. The number of ether oxygens (including phenoxy) is 1. The minimum absolute atomic E-state index is 0.252. The molecule has 2 aromatic rings. The first-order valence-corrected chi connectivity index (χ1v) is 10.3. The Kier molecular flexibility index (Phi) is 6.36. The number of para-hydroxylation sites is 1. The van der Waals surface area contributed by atoms with Gasteiger partial charge in [0.05, 0.1) is 18.2 Å². The second-order valence-electron chi connectivity index (χ2n) is 6.35. The van der Waals surface area contributed by atoms with E-state index in [-0.39, 0.29) is 12.5 Å². The van der Waals surface area contributed by atoms with Crippen molar-refractivity contribution in [1.29, 1.82) is 0 Å². The molecule has 1 atom stereocenters. The summed E-state index contributed by atoms with van der Waals surface area (Å²) >= 11 is 1.56. The zero-order valence-electron chi connectivity index (χ0n) is 15.8. The zero-order chi connectivity index (χ0) is 20.1. The lowest BCUT2D eigenvalue weighted by Crippen LogP contribution is -2.49. The molecule has 28 heavy (non-hydrogen) atoms. The van der Waals surface area contributed by atoms with Crippen LogP contribution in [0.1, 0.15) is 32.7 Å². The van der Waals surface area contributed by atoms with Gasteiger partial charge in [-0.3, -0.25) is 19.3 Å². The molecule has 2 aromatic carbocycles. The monoisotopic (exact) mass is 398 g/mol. The SMILES string of the molecule is COc1ccccc1CNC(=O)[C@H](CCSC)N1C(=O)c2ccccc2C1=O. The molecule has 0 aliphatic carbocycles. The van der Waals surface area contributed by atoms with Gasteiger partial charge in [0.1, 0.15) is 11.8 Å².